The molecule has 1 aromatic rings. The normalized spacial score (nSPS) is 8.20. The van der Waals surface area contributed by atoms with E-state index in [0.717, 1.165) is 16.0 Å². The Morgan fingerprint density at radius 3 is 1.90 bits per heavy atom. The van der Waals surface area contributed by atoms with E-state index in [-0.39, 0.29) is 0 Å². The highest BCUT2D eigenvalue weighted by Crippen LogP contribution is 1.92. The van der Waals surface area contributed by atoms with Crippen LogP contribution in [0.25, 0.3) is 0 Å². The van der Waals surface area contributed by atoms with Crippen molar-refractivity contribution >= 4 is 10.5 Å². The van der Waals surface area contributed by atoms with Gasteiger partial charge in [-0.25, -0.2) is 0 Å². The van der Waals surface area contributed by atoms with Crippen LogP contribution in [0.1, 0.15) is 5.56 Å². The second-order valence-electron chi connectivity index (χ2n) is 1.89. The minimum atomic E-state index is 0.869. The maximum absolute atomic E-state index is 4.39. The minimum Gasteiger partial charge on any atom is -0.431 e. The predicted octanol–water partition coefficient (Wildman–Crippen LogP) is 0.782. The molecule has 0 fully saturated rings. The molecule has 1 nitrogen and oxygen atoms in total. The Labute approximate surface area is 65.6 Å². The van der Waals surface area contributed by atoms with E-state index in [1.54, 1.807) is 7.11 Å². The predicted molar refractivity (Wildman–Crippen MR) is 47.8 cm³/mol. The van der Waals surface area contributed by atoms with Gasteiger partial charge < -0.3 is 4.43 Å². The van der Waals surface area contributed by atoms with Crippen LogP contribution in [0.5, 0.6) is 0 Å². The highest BCUT2D eigenvalue weighted by molar-refractivity contribution is 5.97. The van der Waals surface area contributed by atoms with E-state index in [4.69, 9.17) is 0 Å². The van der Waals surface area contributed by atoms with Gasteiger partial charge >= 0.3 is 0 Å². The monoisotopic (exact) mass is 153 g/mol. The highest BCUT2D eigenvalue weighted by Gasteiger charge is 1.72. The molecule has 0 aliphatic rings. The summed E-state index contributed by atoms with van der Waals surface area (Å²) < 4.78 is 4.39. The van der Waals surface area contributed by atoms with Crippen LogP contribution in [-0.4, -0.2) is 17.6 Å². The van der Waals surface area contributed by atoms with Gasteiger partial charge in [-0.3, -0.25) is 0 Å². The summed E-state index contributed by atoms with van der Waals surface area (Å²) in [4.78, 5) is 0. The molecule has 0 amide bonds. The summed E-state index contributed by atoms with van der Waals surface area (Å²) in [6.45, 7) is 3.72. The molecular formula is C8H13OSi. The molecule has 1 rings (SSSR count). The van der Waals surface area contributed by atoms with Gasteiger partial charge in [0.05, 0.1) is 0 Å². The summed E-state index contributed by atoms with van der Waals surface area (Å²) in [6.07, 6.45) is 0. The first kappa shape index (κ1) is 9.40. The Balaban J connectivity index is 0.000000236. The van der Waals surface area contributed by atoms with E-state index in [1.165, 1.54) is 0 Å². The van der Waals surface area contributed by atoms with Gasteiger partial charge in [0.15, 0.2) is 0 Å². The van der Waals surface area contributed by atoms with Crippen LogP contribution in [0.2, 0.25) is 0 Å². The molecule has 0 heterocycles. The van der Waals surface area contributed by atoms with Crippen molar-refractivity contribution in [2.45, 2.75) is 0 Å². The Morgan fingerprint density at radius 2 is 1.70 bits per heavy atom. The molecule has 55 valence electrons. The van der Waals surface area contributed by atoms with Gasteiger partial charge in [0.2, 0.25) is 0 Å². The van der Waals surface area contributed by atoms with Gasteiger partial charge in [-0.1, -0.05) is 30.3 Å². The molecule has 0 spiro atoms. The van der Waals surface area contributed by atoms with Crippen LogP contribution in [-0.2, 0) is 4.43 Å². The highest BCUT2D eigenvalue weighted by atomic mass is 28.2. The second kappa shape index (κ2) is 6.52. The van der Waals surface area contributed by atoms with Gasteiger partial charge in [0.1, 0.15) is 10.5 Å². The molecule has 0 aliphatic carbocycles. The quantitative estimate of drug-likeness (QED) is 0.501. The lowest BCUT2D eigenvalue weighted by atomic mass is 10.2. The first-order valence-electron chi connectivity index (χ1n) is 3.08. The van der Waals surface area contributed by atoms with E-state index in [2.05, 4.69) is 11.3 Å². The topological polar surface area (TPSA) is 9.23 Å². The lowest BCUT2D eigenvalue weighted by Gasteiger charge is -1.82. The fourth-order valence-electron chi connectivity index (χ4n) is 0.478. The van der Waals surface area contributed by atoms with Crippen LogP contribution in [0.15, 0.2) is 30.3 Å². The summed E-state index contributed by atoms with van der Waals surface area (Å²) >= 11 is 0. The average molecular weight is 153 g/mol. The summed E-state index contributed by atoms with van der Waals surface area (Å²) in [5.74, 6) is 0. The zero-order chi connectivity index (χ0) is 7.82. The Kier molecular flexibility index (Phi) is 6.12. The van der Waals surface area contributed by atoms with Crippen LogP contribution in [0, 0.1) is 6.92 Å². The van der Waals surface area contributed by atoms with Crippen molar-refractivity contribution in [1.29, 1.82) is 0 Å². The van der Waals surface area contributed by atoms with Gasteiger partial charge in [0, 0.05) is 7.11 Å². The van der Waals surface area contributed by atoms with E-state index < -0.39 is 0 Å². The first-order chi connectivity index (χ1) is 4.81. The Hall–Kier alpha value is -0.603. The van der Waals surface area contributed by atoms with Gasteiger partial charge in [-0.05, 0) is 12.5 Å². The fourth-order valence-corrected chi connectivity index (χ4v) is 0.478. The third-order valence-electron chi connectivity index (χ3n) is 0.843. The van der Waals surface area contributed by atoms with Crippen LogP contribution >= 0.6 is 0 Å². The molecular weight excluding hydrogens is 140 g/mol. The molecule has 0 atom stereocenters. The van der Waals surface area contributed by atoms with Crippen molar-refractivity contribution in [2.24, 2.45) is 0 Å². The molecule has 1 radical (unpaired) electrons. The Bertz CT molecular complexity index is 151. The van der Waals surface area contributed by atoms with Gasteiger partial charge in [-0.2, -0.15) is 0 Å². The van der Waals surface area contributed by atoms with Crippen LogP contribution in [0.4, 0.5) is 0 Å². The molecule has 2 heteroatoms. The van der Waals surface area contributed by atoms with Crippen molar-refractivity contribution in [3.63, 3.8) is 0 Å². The molecule has 0 saturated heterocycles. The molecule has 0 N–H and O–H groups in total. The van der Waals surface area contributed by atoms with E-state index in [1.807, 2.05) is 30.3 Å². The van der Waals surface area contributed by atoms with E-state index in [9.17, 15) is 0 Å². The third kappa shape index (κ3) is 5.53. The lowest BCUT2D eigenvalue weighted by Crippen LogP contribution is -1.62. The van der Waals surface area contributed by atoms with Crippen LogP contribution in [0.3, 0.4) is 0 Å². The number of rotatable bonds is 0. The zero-order valence-corrected chi connectivity index (χ0v) is 8.50. The third-order valence-corrected chi connectivity index (χ3v) is 0.843. The van der Waals surface area contributed by atoms with E-state index in [0.29, 0.717) is 0 Å². The summed E-state index contributed by atoms with van der Waals surface area (Å²) in [6, 6.07) is 9.87. The van der Waals surface area contributed by atoms with Crippen LogP contribution < -0.4 is 0 Å². The smallest absolute Gasteiger partial charge is 0.145 e. The molecule has 1 aromatic carbocycles. The maximum atomic E-state index is 4.39. The number of hydrogen-bond donors (Lipinski definition) is 0. The largest absolute Gasteiger partial charge is 0.431 e. The standard InChI is InChI=1S/C7H7.CH6OSi/c1-7-5-3-2-4-6-7;1-2-3/h2-6H,1H2;1,3H3. The lowest BCUT2D eigenvalue weighted by molar-refractivity contribution is 0.460. The van der Waals surface area contributed by atoms with Crippen molar-refractivity contribution in [1.82, 2.24) is 0 Å². The summed E-state index contributed by atoms with van der Waals surface area (Å²) in [5, 5.41) is 0. The minimum absolute atomic E-state index is 0.869. The maximum Gasteiger partial charge on any atom is 0.145 e. The summed E-state index contributed by atoms with van der Waals surface area (Å²) in [7, 11) is 2.56. The molecule has 0 unspecified atom stereocenters. The van der Waals surface area contributed by atoms with E-state index >= 15 is 0 Å². The molecule has 0 aromatic heterocycles. The fraction of sp³-hybridized carbons (Fsp3) is 0.125. The van der Waals surface area contributed by atoms with Crippen molar-refractivity contribution in [3.05, 3.63) is 42.8 Å². The molecule has 10 heavy (non-hydrogen) atoms. The number of hydrogen-bond acceptors (Lipinski definition) is 1. The SMILES string of the molecule is CO[SiH3].[CH2]c1ccccc1. The average Bonchev–Trinajstić information content (AvgIpc) is 1.91. The van der Waals surface area contributed by atoms with Crippen molar-refractivity contribution in [3.8, 4) is 0 Å². The van der Waals surface area contributed by atoms with Crippen molar-refractivity contribution < 1.29 is 4.43 Å². The van der Waals surface area contributed by atoms with Gasteiger partial charge in [-0.15, -0.1) is 0 Å². The zero-order valence-electron chi connectivity index (χ0n) is 6.50. The molecule has 0 aliphatic heterocycles. The molecule has 0 saturated carbocycles. The van der Waals surface area contributed by atoms with Crippen molar-refractivity contribution in [2.75, 3.05) is 7.11 Å². The molecule has 0 bridgehead atoms. The second-order valence-corrected chi connectivity index (χ2v) is 2.71. The van der Waals surface area contributed by atoms with Gasteiger partial charge in [0.25, 0.3) is 0 Å². The summed E-state index contributed by atoms with van der Waals surface area (Å²) in [5.41, 5.74) is 1.07. The Morgan fingerprint density at radius 1 is 1.30 bits per heavy atom. The number of benzene rings is 1. The first-order valence-corrected chi connectivity index (χ1v) is 3.90.